The molecule has 2 heteroatoms. The van der Waals surface area contributed by atoms with Crippen LogP contribution in [0.3, 0.4) is 0 Å². The Morgan fingerprint density at radius 3 is 1.85 bits per heavy atom. The molecule has 0 amide bonds. The fraction of sp³-hybridized carbons (Fsp3) is 0.760. The van der Waals surface area contributed by atoms with Crippen molar-refractivity contribution >= 4 is 11.6 Å². The smallest absolute Gasteiger partial charge is 0.142 e. The standard InChI is InChI=1S/C25H38ClF/c1-2-3-5-19-8-10-20(11-9-19)6-4-7-21-12-14-22(15-13-21)23-16-17-24(26)25(27)18-23/h16-22H,2-15H2,1H3. The Balaban J connectivity index is 1.30. The van der Waals surface area contributed by atoms with Gasteiger partial charge in [0.25, 0.3) is 0 Å². The summed E-state index contributed by atoms with van der Waals surface area (Å²) in [6, 6.07) is 5.40. The molecule has 0 N–H and O–H groups in total. The summed E-state index contributed by atoms with van der Waals surface area (Å²) in [7, 11) is 0. The lowest BCUT2D eigenvalue weighted by atomic mass is 9.75. The first-order valence-electron chi connectivity index (χ1n) is 11.6. The maximum atomic E-state index is 13.7. The van der Waals surface area contributed by atoms with Crippen LogP contribution in [0, 0.1) is 23.6 Å². The summed E-state index contributed by atoms with van der Waals surface area (Å²) in [5, 5.41) is 0.242. The van der Waals surface area contributed by atoms with Crippen LogP contribution in [0.15, 0.2) is 18.2 Å². The number of hydrogen-bond donors (Lipinski definition) is 0. The molecule has 27 heavy (non-hydrogen) atoms. The predicted octanol–water partition coefficient (Wildman–Crippen LogP) is 8.92. The van der Waals surface area contributed by atoms with Gasteiger partial charge in [-0.05, 0) is 67.1 Å². The lowest BCUT2D eigenvalue weighted by Crippen LogP contribution is -2.16. The van der Waals surface area contributed by atoms with Crippen LogP contribution >= 0.6 is 11.6 Å². The van der Waals surface area contributed by atoms with Crippen molar-refractivity contribution in [2.24, 2.45) is 17.8 Å². The summed E-state index contributed by atoms with van der Waals surface area (Å²) >= 11 is 5.82. The van der Waals surface area contributed by atoms with E-state index in [-0.39, 0.29) is 10.8 Å². The minimum atomic E-state index is -0.263. The highest BCUT2D eigenvalue weighted by atomic mass is 35.5. The first-order chi connectivity index (χ1) is 13.2. The largest absolute Gasteiger partial charge is 0.205 e. The van der Waals surface area contributed by atoms with Crippen LogP contribution in [0.5, 0.6) is 0 Å². The Hall–Kier alpha value is -0.560. The van der Waals surface area contributed by atoms with Gasteiger partial charge in [0, 0.05) is 0 Å². The molecule has 2 aliphatic rings. The summed E-state index contributed by atoms with van der Waals surface area (Å²) in [4.78, 5) is 0. The fourth-order valence-corrected chi connectivity index (χ4v) is 5.67. The van der Waals surface area contributed by atoms with Crippen LogP contribution in [0.1, 0.15) is 108 Å². The van der Waals surface area contributed by atoms with Crippen LogP contribution in [0.25, 0.3) is 0 Å². The number of halogens is 2. The molecule has 2 fully saturated rings. The Labute approximate surface area is 171 Å². The monoisotopic (exact) mass is 392 g/mol. The van der Waals surface area contributed by atoms with Gasteiger partial charge in [0.05, 0.1) is 5.02 Å². The van der Waals surface area contributed by atoms with Gasteiger partial charge in [0.15, 0.2) is 0 Å². The highest BCUT2D eigenvalue weighted by Crippen LogP contribution is 2.39. The number of unbranched alkanes of at least 4 members (excludes halogenated alkanes) is 1. The Kier molecular flexibility index (Phi) is 8.49. The van der Waals surface area contributed by atoms with Gasteiger partial charge in [-0.15, -0.1) is 0 Å². The van der Waals surface area contributed by atoms with Crippen molar-refractivity contribution in [2.45, 2.75) is 103 Å². The number of hydrogen-bond acceptors (Lipinski definition) is 0. The van der Waals surface area contributed by atoms with Crippen molar-refractivity contribution in [3.05, 3.63) is 34.6 Å². The third-order valence-corrected chi connectivity index (χ3v) is 7.73. The fourth-order valence-electron chi connectivity index (χ4n) is 5.55. The van der Waals surface area contributed by atoms with Gasteiger partial charge in [-0.3, -0.25) is 0 Å². The first kappa shape index (κ1) is 21.2. The van der Waals surface area contributed by atoms with Crippen LogP contribution in [0.4, 0.5) is 4.39 Å². The van der Waals surface area contributed by atoms with E-state index in [1.54, 1.807) is 12.1 Å². The molecule has 1 aromatic carbocycles. The lowest BCUT2D eigenvalue weighted by molar-refractivity contribution is 0.235. The van der Waals surface area contributed by atoms with E-state index in [2.05, 4.69) is 6.92 Å². The summed E-state index contributed by atoms with van der Waals surface area (Å²) in [6.45, 7) is 2.31. The molecule has 1 aromatic rings. The third-order valence-electron chi connectivity index (χ3n) is 7.42. The molecule has 0 aliphatic heterocycles. The summed E-state index contributed by atoms with van der Waals surface area (Å²) in [5.41, 5.74) is 1.15. The van der Waals surface area contributed by atoms with Gasteiger partial charge in [-0.25, -0.2) is 4.39 Å². The van der Waals surface area contributed by atoms with Gasteiger partial charge >= 0.3 is 0 Å². The molecule has 0 atom stereocenters. The van der Waals surface area contributed by atoms with E-state index in [1.807, 2.05) is 6.07 Å². The van der Waals surface area contributed by atoms with Gasteiger partial charge in [0.1, 0.15) is 5.82 Å². The Bertz CT molecular complexity index is 553. The molecule has 0 unspecified atom stereocenters. The zero-order chi connectivity index (χ0) is 19.1. The maximum absolute atomic E-state index is 13.7. The average molecular weight is 393 g/mol. The average Bonchev–Trinajstić information content (AvgIpc) is 2.70. The molecule has 2 aliphatic carbocycles. The topological polar surface area (TPSA) is 0 Å². The minimum absolute atomic E-state index is 0.242. The number of benzene rings is 1. The minimum Gasteiger partial charge on any atom is -0.205 e. The molecule has 152 valence electrons. The quantitative estimate of drug-likeness (QED) is 0.414. The normalized spacial score (nSPS) is 29.0. The van der Waals surface area contributed by atoms with E-state index in [9.17, 15) is 4.39 Å². The first-order valence-corrected chi connectivity index (χ1v) is 12.0. The van der Waals surface area contributed by atoms with Gasteiger partial charge in [-0.1, -0.05) is 88.8 Å². The van der Waals surface area contributed by atoms with E-state index in [0.717, 1.165) is 23.3 Å². The van der Waals surface area contributed by atoms with E-state index in [0.29, 0.717) is 5.92 Å². The molecule has 2 saturated carbocycles. The van der Waals surface area contributed by atoms with E-state index < -0.39 is 0 Å². The summed E-state index contributed by atoms with van der Waals surface area (Å²) < 4.78 is 13.7. The maximum Gasteiger partial charge on any atom is 0.142 e. The second-order valence-corrected chi connectivity index (χ2v) is 9.76. The Morgan fingerprint density at radius 1 is 0.815 bits per heavy atom. The molecule has 0 spiro atoms. The number of rotatable bonds is 8. The molecule has 0 radical (unpaired) electrons. The van der Waals surface area contributed by atoms with Crippen molar-refractivity contribution in [1.82, 2.24) is 0 Å². The van der Waals surface area contributed by atoms with Crippen molar-refractivity contribution in [2.75, 3.05) is 0 Å². The molecule has 0 aromatic heterocycles. The third kappa shape index (κ3) is 6.48. The van der Waals surface area contributed by atoms with Crippen LogP contribution in [0.2, 0.25) is 5.02 Å². The van der Waals surface area contributed by atoms with Crippen molar-refractivity contribution in [3.8, 4) is 0 Å². The van der Waals surface area contributed by atoms with Crippen LogP contribution in [-0.4, -0.2) is 0 Å². The second kappa shape index (κ2) is 10.8. The van der Waals surface area contributed by atoms with Crippen molar-refractivity contribution in [3.63, 3.8) is 0 Å². The van der Waals surface area contributed by atoms with Gasteiger partial charge in [0.2, 0.25) is 0 Å². The molecular formula is C25H38ClF. The molecule has 0 nitrogen and oxygen atoms in total. The predicted molar refractivity (Wildman–Crippen MR) is 115 cm³/mol. The highest BCUT2D eigenvalue weighted by Gasteiger charge is 2.24. The van der Waals surface area contributed by atoms with E-state index >= 15 is 0 Å². The second-order valence-electron chi connectivity index (χ2n) is 9.35. The Morgan fingerprint density at radius 2 is 1.33 bits per heavy atom. The lowest BCUT2D eigenvalue weighted by Gasteiger charge is -2.31. The molecular weight excluding hydrogens is 355 g/mol. The van der Waals surface area contributed by atoms with E-state index in [1.165, 1.54) is 89.9 Å². The van der Waals surface area contributed by atoms with E-state index in [4.69, 9.17) is 11.6 Å². The van der Waals surface area contributed by atoms with Crippen molar-refractivity contribution < 1.29 is 4.39 Å². The zero-order valence-electron chi connectivity index (χ0n) is 17.2. The summed E-state index contributed by atoms with van der Waals surface area (Å²) in [5.74, 6) is 3.22. The molecule has 0 bridgehead atoms. The zero-order valence-corrected chi connectivity index (χ0v) is 18.0. The SMILES string of the molecule is CCCCC1CCC(CCCC2CCC(c3ccc(Cl)c(F)c3)CC2)CC1. The van der Waals surface area contributed by atoms with Crippen LogP contribution in [-0.2, 0) is 0 Å². The van der Waals surface area contributed by atoms with Crippen molar-refractivity contribution in [1.29, 1.82) is 0 Å². The molecule has 3 rings (SSSR count). The molecule has 0 heterocycles. The van der Waals surface area contributed by atoms with Gasteiger partial charge in [-0.2, -0.15) is 0 Å². The highest BCUT2D eigenvalue weighted by molar-refractivity contribution is 6.30. The van der Waals surface area contributed by atoms with Crippen LogP contribution < -0.4 is 0 Å². The van der Waals surface area contributed by atoms with Gasteiger partial charge < -0.3 is 0 Å². The summed E-state index contributed by atoms with van der Waals surface area (Å²) in [6.07, 6.45) is 19.6. The molecule has 0 saturated heterocycles.